The van der Waals surface area contributed by atoms with Gasteiger partial charge in [0.05, 0.1) is 11.0 Å². The zero-order valence-electron chi connectivity index (χ0n) is 7.01. The van der Waals surface area contributed by atoms with Gasteiger partial charge in [0.2, 0.25) is 0 Å². The minimum atomic E-state index is 1.07. The van der Waals surface area contributed by atoms with Gasteiger partial charge in [-0.2, -0.15) is 0 Å². The topological polar surface area (TPSA) is 17.3 Å². The number of aromatic nitrogens is 2. The second-order valence-corrected chi connectivity index (χ2v) is 3.06. The van der Waals surface area contributed by atoms with Crippen molar-refractivity contribution in [2.75, 3.05) is 0 Å². The van der Waals surface area contributed by atoms with Gasteiger partial charge in [0.25, 0.3) is 0 Å². The molecule has 0 N–H and O–H groups in total. The minimum absolute atomic E-state index is 1.07. The van der Waals surface area contributed by atoms with Crippen LogP contribution in [-0.4, -0.2) is 9.38 Å². The van der Waals surface area contributed by atoms with Gasteiger partial charge in [-0.05, 0) is 24.3 Å². The van der Waals surface area contributed by atoms with Crippen LogP contribution >= 0.6 is 0 Å². The van der Waals surface area contributed by atoms with E-state index < -0.39 is 0 Å². The van der Waals surface area contributed by atoms with Gasteiger partial charge in [0.1, 0.15) is 0 Å². The number of hydrogen-bond acceptors (Lipinski definition) is 1. The summed E-state index contributed by atoms with van der Waals surface area (Å²) < 4.78 is 2.09. The van der Waals surface area contributed by atoms with Crippen molar-refractivity contribution < 1.29 is 0 Å². The van der Waals surface area contributed by atoms with Crippen LogP contribution < -0.4 is 0 Å². The second kappa shape index (κ2) is 2.33. The average molecular weight is 168 g/mol. The smallest absolute Gasteiger partial charge is 0.0956 e. The van der Waals surface area contributed by atoms with Crippen molar-refractivity contribution in [3.05, 3.63) is 48.9 Å². The van der Waals surface area contributed by atoms with E-state index in [2.05, 4.69) is 27.7 Å². The molecule has 0 saturated carbocycles. The van der Waals surface area contributed by atoms with Gasteiger partial charge in [0, 0.05) is 24.0 Å². The van der Waals surface area contributed by atoms with Gasteiger partial charge in [-0.15, -0.1) is 0 Å². The maximum absolute atomic E-state index is 4.35. The first-order valence-corrected chi connectivity index (χ1v) is 4.25. The molecule has 2 nitrogen and oxygen atoms in total. The van der Waals surface area contributed by atoms with Crippen molar-refractivity contribution in [3.63, 3.8) is 0 Å². The van der Waals surface area contributed by atoms with E-state index in [4.69, 9.17) is 0 Å². The summed E-state index contributed by atoms with van der Waals surface area (Å²) in [6, 6.07) is 10.2. The summed E-state index contributed by atoms with van der Waals surface area (Å²) in [6.07, 6.45) is 5.96. The fraction of sp³-hybridized carbons (Fsp3) is 0. The molecular formula is C11H8N2. The zero-order valence-corrected chi connectivity index (χ0v) is 7.01. The van der Waals surface area contributed by atoms with Crippen LogP contribution in [0.15, 0.2) is 48.9 Å². The Hall–Kier alpha value is -1.83. The molecule has 0 aromatic carbocycles. The van der Waals surface area contributed by atoms with Crippen LogP contribution in [0, 0.1) is 0 Å². The quantitative estimate of drug-likeness (QED) is 0.504. The standard InChI is InChI=1S/C11H8N2/c1-2-7-13-8-9-4-3-6-12-11(9)10(13)5-1/h1-8H. The fourth-order valence-corrected chi connectivity index (χ4v) is 1.66. The van der Waals surface area contributed by atoms with E-state index in [-0.39, 0.29) is 0 Å². The van der Waals surface area contributed by atoms with E-state index in [1.807, 2.05) is 30.6 Å². The van der Waals surface area contributed by atoms with Gasteiger partial charge in [-0.1, -0.05) is 6.07 Å². The highest BCUT2D eigenvalue weighted by molar-refractivity contribution is 5.93. The highest BCUT2D eigenvalue weighted by Gasteiger charge is 2.00. The minimum Gasteiger partial charge on any atom is -0.321 e. The summed E-state index contributed by atoms with van der Waals surface area (Å²) in [6.45, 7) is 0. The Kier molecular flexibility index (Phi) is 1.19. The van der Waals surface area contributed by atoms with Crippen LogP contribution in [0.25, 0.3) is 16.4 Å². The highest BCUT2D eigenvalue weighted by Crippen LogP contribution is 2.18. The molecule has 0 atom stereocenters. The van der Waals surface area contributed by atoms with Gasteiger partial charge in [-0.3, -0.25) is 4.98 Å². The van der Waals surface area contributed by atoms with Crippen molar-refractivity contribution in [1.82, 2.24) is 9.38 Å². The summed E-state index contributed by atoms with van der Waals surface area (Å²) in [4.78, 5) is 4.35. The predicted molar refractivity (Wildman–Crippen MR) is 52.7 cm³/mol. The van der Waals surface area contributed by atoms with Gasteiger partial charge in [-0.25, -0.2) is 0 Å². The van der Waals surface area contributed by atoms with Crippen LogP contribution in [0.2, 0.25) is 0 Å². The molecule has 62 valence electrons. The van der Waals surface area contributed by atoms with Gasteiger partial charge >= 0.3 is 0 Å². The van der Waals surface area contributed by atoms with Crippen molar-refractivity contribution >= 4 is 16.4 Å². The maximum Gasteiger partial charge on any atom is 0.0956 e. The van der Waals surface area contributed by atoms with Crippen molar-refractivity contribution in [3.8, 4) is 0 Å². The number of fused-ring (bicyclic) bond motifs is 3. The summed E-state index contributed by atoms with van der Waals surface area (Å²) in [7, 11) is 0. The summed E-state index contributed by atoms with van der Waals surface area (Å²) in [5.41, 5.74) is 2.24. The number of pyridine rings is 2. The first kappa shape index (κ1) is 6.66. The Morgan fingerprint density at radius 3 is 3.08 bits per heavy atom. The third-order valence-electron chi connectivity index (χ3n) is 2.25. The number of hydrogen-bond donors (Lipinski definition) is 0. The lowest BCUT2D eigenvalue weighted by atomic mass is 10.3. The highest BCUT2D eigenvalue weighted by atomic mass is 14.9. The Morgan fingerprint density at radius 1 is 1.08 bits per heavy atom. The molecule has 0 unspecified atom stereocenters. The lowest BCUT2D eigenvalue weighted by Gasteiger charge is -1.90. The van der Waals surface area contributed by atoms with Crippen molar-refractivity contribution in [2.45, 2.75) is 0 Å². The average Bonchev–Trinajstić information content (AvgIpc) is 2.56. The first-order chi connectivity index (χ1) is 6.45. The number of nitrogens with zero attached hydrogens (tertiary/aromatic N) is 2. The van der Waals surface area contributed by atoms with E-state index in [1.54, 1.807) is 0 Å². The Morgan fingerprint density at radius 2 is 2.08 bits per heavy atom. The molecule has 0 amide bonds. The first-order valence-electron chi connectivity index (χ1n) is 4.25. The summed E-state index contributed by atoms with van der Waals surface area (Å²) in [5, 5.41) is 1.19. The zero-order chi connectivity index (χ0) is 8.67. The Balaban J connectivity index is 2.64. The maximum atomic E-state index is 4.35. The lowest BCUT2D eigenvalue weighted by Crippen LogP contribution is -1.77. The molecule has 3 heterocycles. The third-order valence-corrected chi connectivity index (χ3v) is 2.25. The van der Waals surface area contributed by atoms with E-state index in [0.717, 1.165) is 11.0 Å². The summed E-state index contributed by atoms with van der Waals surface area (Å²) in [5.74, 6) is 0. The molecule has 0 saturated heterocycles. The van der Waals surface area contributed by atoms with E-state index >= 15 is 0 Å². The molecule has 0 bridgehead atoms. The molecule has 0 aliphatic rings. The molecule has 3 aromatic rings. The Bertz CT molecular complexity index is 516. The molecule has 3 rings (SSSR count). The van der Waals surface area contributed by atoms with Crippen LogP contribution in [0.1, 0.15) is 0 Å². The monoisotopic (exact) mass is 168 g/mol. The van der Waals surface area contributed by atoms with Crippen molar-refractivity contribution in [2.24, 2.45) is 0 Å². The van der Waals surface area contributed by atoms with Gasteiger partial charge in [0.15, 0.2) is 0 Å². The lowest BCUT2D eigenvalue weighted by molar-refractivity contribution is 1.21. The Labute approximate surface area is 75.5 Å². The molecule has 13 heavy (non-hydrogen) atoms. The molecule has 0 radical (unpaired) electrons. The fourth-order valence-electron chi connectivity index (χ4n) is 1.66. The van der Waals surface area contributed by atoms with E-state index in [0.29, 0.717) is 0 Å². The van der Waals surface area contributed by atoms with E-state index in [9.17, 15) is 0 Å². The van der Waals surface area contributed by atoms with Crippen LogP contribution in [0.4, 0.5) is 0 Å². The molecule has 0 aliphatic carbocycles. The number of rotatable bonds is 0. The molecule has 0 fully saturated rings. The SMILES string of the molecule is c1cnc2c(c1)cn1ccccc21. The van der Waals surface area contributed by atoms with Crippen LogP contribution in [-0.2, 0) is 0 Å². The molecule has 3 aromatic heterocycles. The second-order valence-electron chi connectivity index (χ2n) is 3.06. The molecule has 0 aliphatic heterocycles. The van der Waals surface area contributed by atoms with Crippen molar-refractivity contribution in [1.29, 1.82) is 0 Å². The normalized spacial score (nSPS) is 11.1. The molecule has 2 heteroatoms. The summed E-state index contributed by atoms with van der Waals surface area (Å²) >= 11 is 0. The molecule has 0 spiro atoms. The van der Waals surface area contributed by atoms with Crippen LogP contribution in [0.5, 0.6) is 0 Å². The van der Waals surface area contributed by atoms with E-state index in [1.165, 1.54) is 5.39 Å². The van der Waals surface area contributed by atoms with Gasteiger partial charge < -0.3 is 4.40 Å². The van der Waals surface area contributed by atoms with Crippen LogP contribution in [0.3, 0.4) is 0 Å². The predicted octanol–water partition coefficient (Wildman–Crippen LogP) is 2.49. The molecular weight excluding hydrogens is 160 g/mol. The third kappa shape index (κ3) is 0.855. The largest absolute Gasteiger partial charge is 0.321 e.